The highest BCUT2D eigenvalue weighted by atomic mass is 35.5. The van der Waals surface area contributed by atoms with Gasteiger partial charge in [0.1, 0.15) is 0 Å². The smallest absolute Gasteiger partial charge is 0.240 e. The Balaban J connectivity index is 0.00000289. The molecule has 1 rings (SSSR count). The largest absolute Gasteiger partial charge is 0.316 e. The van der Waals surface area contributed by atoms with Crippen LogP contribution in [0, 0.1) is 0 Å². The van der Waals surface area contributed by atoms with Gasteiger partial charge in [0.15, 0.2) is 0 Å². The van der Waals surface area contributed by atoms with Gasteiger partial charge in [0, 0.05) is 12.6 Å². The first kappa shape index (κ1) is 17.4. The van der Waals surface area contributed by atoms with Gasteiger partial charge in [-0.25, -0.2) is 13.1 Å². The van der Waals surface area contributed by atoms with E-state index < -0.39 is 10.0 Å². The van der Waals surface area contributed by atoms with Crippen molar-refractivity contribution < 1.29 is 8.42 Å². The number of likely N-dealkylation sites (N-methyl/N-ethyl adjacent to an activating group) is 1. The number of halogens is 1. The molecule has 1 atom stereocenters. The van der Waals surface area contributed by atoms with Gasteiger partial charge in [-0.15, -0.1) is 12.4 Å². The van der Waals surface area contributed by atoms with Crippen molar-refractivity contribution in [3.05, 3.63) is 29.8 Å². The van der Waals surface area contributed by atoms with Gasteiger partial charge in [0.2, 0.25) is 10.0 Å². The van der Waals surface area contributed by atoms with Gasteiger partial charge in [0.05, 0.1) is 4.90 Å². The van der Waals surface area contributed by atoms with E-state index >= 15 is 0 Å². The lowest BCUT2D eigenvalue weighted by molar-refractivity contribution is 0.554. The highest BCUT2D eigenvalue weighted by Gasteiger charge is 2.14. The van der Waals surface area contributed by atoms with E-state index in [1.807, 2.05) is 19.9 Å². The van der Waals surface area contributed by atoms with Crippen LogP contribution < -0.4 is 10.0 Å². The number of benzene rings is 1. The van der Waals surface area contributed by atoms with Gasteiger partial charge < -0.3 is 5.32 Å². The first-order valence-electron chi connectivity index (χ1n) is 5.75. The van der Waals surface area contributed by atoms with E-state index in [1.54, 1.807) is 25.2 Å². The molecule has 0 radical (unpaired) electrons. The molecule has 2 N–H and O–H groups in total. The van der Waals surface area contributed by atoms with Gasteiger partial charge in [-0.2, -0.15) is 0 Å². The van der Waals surface area contributed by atoms with E-state index in [1.165, 1.54) is 0 Å². The molecule has 0 aromatic heterocycles. The third-order valence-corrected chi connectivity index (χ3v) is 4.11. The minimum Gasteiger partial charge on any atom is -0.316 e. The van der Waals surface area contributed by atoms with Crippen molar-refractivity contribution in [2.24, 2.45) is 0 Å². The van der Waals surface area contributed by atoms with Crippen LogP contribution in [0.1, 0.15) is 19.4 Å². The second kappa shape index (κ2) is 7.74. The van der Waals surface area contributed by atoms with Crippen molar-refractivity contribution in [2.75, 3.05) is 13.6 Å². The van der Waals surface area contributed by atoms with Crippen molar-refractivity contribution in [2.45, 2.75) is 31.2 Å². The van der Waals surface area contributed by atoms with Crippen LogP contribution in [0.3, 0.4) is 0 Å². The summed E-state index contributed by atoms with van der Waals surface area (Å²) in [5.41, 5.74) is 1.02. The lowest BCUT2D eigenvalue weighted by Gasteiger charge is -2.12. The number of hydrogen-bond donors (Lipinski definition) is 2. The van der Waals surface area contributed by atoms with Crippen molar-refractivity contribution in [3.63, 3.8) is 0 Å². The molecule has 18 heavy (non-hydrogen) atoms. The summed E-state index contributed by atoms with van der Waals surface area (Å²) in [6.07, 6.45) is 0.830. The molecule has 0 aliphatic heterocycles. The monoisotopic (exact) mass is 292 g/mol. The number of nitrogens with one attached hydrogen (secondary N) is 2. The molecule has 0 aliphatic rings. The first-order valence-corrected chi connectivity index (χ1v) is 7.23. The molecule has 0 saturated carbocycles. The van der Waals surface area contributed by atoms with Crippen molar-refractivity contribution in [1.29, 1.82) is 0 Å². The highest BCUT2D eigenvalue weighted by molar-refractivity contribution is 7.89. The normalized spacial score (nSPS) is 12.8. The van der Waals surface area contributed by atoms with E-state index in [4.69, 9.17) is 0 Å². The Bertz CT molecular complexity index is 463. The van der Waals surface area contributed by atoms with Crippen LogP contribution in [0.4, 0.5) is 0 Å². The Hall–Kier alpha value is -0.620. The molecule has 0 amide bonds. The molecule has 0 aliphatic carbocycles. The zero-order valence-corrected chi connectivity index (χ0v) is 12.6. The van der Waals surface area contributed by atoms with Crippen LogP contribution in [0.5, 0.6) is 0 Å². The molecular weight excluding hydrogens is 272 g/mol. The third kappa shape index (κ3) is 4.94. The molecule has 1 aromatic carbocycles. The lowest BCUT2D eigenvalue weighted by atomic mass is 10.2. The third-order valence-electron chi connectivity index (χ3n) is 2.69. The summed E-state index contributed by atoms with van der Waals surface area (Å²) in [5.74, 6) is 0. The Labute approximate surface area is 116 Å². The van der Waals surface area contributed by atoms with Crippen molar-refractivity contribution in [1.82, 2.24) is 10.0 Å². The molecule has 6 heteroatoms. The molecule has 0 fully saturated rings. The molecule has 0 saturated heterocycles. The maximum atomic E-state index is 12.0. The van der Waals surface area contributed by atoms with Crippen molar-refractivity contribution >= 4 is 22.4 Å². The molecular formula is C12H21ClN2O2S. The van der Waals surface area contributed by atoms with E-state index in [-0.39, 0.29) is 18.4 Å². The Kier molecular flexibility index (Phi) is 7.47. The number of hydrogen-bond acceptors (Lipinski definition) is 3. The summed E-state index contributed by atoms with van der Waals surface area (Å²) in [5, 5.41) is 2.98. The fraction of sp³-hybridized carbons (Fsp3) is 0.500. The van der Waals surface area contributed by atoms with Gasteiger partial charge >= 0.3 is 0 Å². The fourth-order valence-corrected chi connectivity index (χ4v) is 2.55. The second-order valence-electron chi connectivity index (χ2n) is 4.04. The summed E-state index contributed by atoms with van der Waals surface area (Å²) in [7, 11) is -1.59. The summed E-state index contributed by atoms with van der Waals surface area (Å²) < 4.78 is 26.6. The van der Waals surface area contributed by atoms with Gasteiger partial charge in [-0.05, 0) is 38.1 Å². The predicted molar refractivity (Wildman–Crippen MR) is 76.8 cm³/mol. The maximum absolute atomic E-state index is 12.0. The molecule has 0 heterocycles. The lowest BCUT2D eigenvalue weighted by Crippen LogP contribution is -2.37. The van der Waals surface area contributed by atoms with Crippen LogP contribution in [-0.4, -0.2) is 28.1 Å². The van der Waals surface area contributed by atoms with Crippen molar-refractivity contribution in [3.8, 4) is 0 Å². The Morgan fingerprint density at radius 3 is 2.56 bits per heavy atom. The predicted octanol–water partition coefficient (Wildman–Crippen LogP) is 1.56. The topological polar surface area (TPSA) is 58.2 Å². The van der Waals surface area contributed by atoms with E-state index in [0.29, 0.717) is 11.4 Å². The van der Waals surface area contributed by atoms with E-state index in [2.05, 4.69) is 10.0 Å². The number of aryl methyl sites for hydroxylation is 1. The standard InChI is InChI=1S/C12H20N2O2S.ClH/c1-4-11-6-5-7-12(8-11)17(15,16)14-9-10(2)13-3;/h5-8,10,13-14H,4,9H2,1-3H3;1H. The minimum absolute atomic E-state index is 0. The highest BCUT2D eigenvalue weighted by Crippen LogP contribution is 2.11. The Morgan fingerprint density at radius 2 is 2.00 bits per heavy atom. The molecule has 1 aromatic rings. The quantitative estimate of drug-likeness (QED) is 0.836. The van der Waals surface area contributed by atoms with Crippen LogP contribution in [0.15, 0.2) is 29.2 Å². The van der Waals surface area contributed by atoms with E-state index in [0.717, 1.165) is 12.0 Å². The van der Waals surface area contributed by atoms with Gasteiger partial charge in [-0.3, -0.25) is 0 Å². The summed E-state index contributed by atoms with van der Waals surface area (Å²) in [4.78, 5) is 0.333. The minimum atomic E-state index is -3.39. The number of sulfonamides is 1. The summed E-state index contributed by atoms with van der Waals surface area (Å²) in [6.45, 7) is 4.31. The van der Waals surface area contributed by atoms with Crippen LogP contribution in [-0.2, 0) is 16.4 Å². The van der Waals surface area contributed by atoms with Gasteiger partial charge in [-0.1, -0.05) is 19.1 Å². The first-order chi connectivity index (χ1) is 7.99. The van der Waals surface area contributed by atoms with E-state index in [9.17, 15) is 8.42 Å². The molecule has 4 nitrogen and oxygen atoms in total. The molecule has 0 bridgehead atoms. The SMILES string of the molecule is CCc1cccc(S(=O)(=O)NCC(C)NC)c1.Cl. The Morgan fingerprint density at radius 1 is 1.33 bits per heavy atom. The average Bonchev–Trinajstić information content (AvgIpc) is 2.36. The van der Waals surface area contributed by atoms with Gasteiger partial charge in [0.25, 0.3) is 0 Å². The zero-order chi connectivity index (χ0) is 12.9. The second-order valence-corrected chi connectivity index (χ2v) is 5.81. The average molecular weight is 293 g/mol. The maximum Gasteiger partial charge on any atom is 0.240 e. The fourth-order valence-electron chi connectivity index (χ4n) is 1.35. The number of rotatable bonds is 6. The van der Waals surface area contributed by atoms with Crippen LogP contribution in [0.2, 0.25) is 0 Å². The van der Waals surface area contributed by atoms with Crippen LogP contribution >= 0.6 is 12.4 Å². The summed E-state index contributed by atoms with van der Waals surface area (Å²) >= 11 is 0. The molecule has 1 unspecified atom stereocenters. The van der Waals surface area contributed by atoms with Crippen LogP contribution in [0.25, 0.3) is 0 Å². The summed E-state index contributed by atoms with van der Waals surface area (Å²) in [6, 6.07) is 7.14. The molecule has 0 spiro atoms. The molecule has 104 valence electrons. The zero-order valence-electron chi connectivity index (χ0n) is 10.9.